The summed E-state index contributed by atoms with van der Waals surface area (Å²) < 4.78 is 4.72. The number of hydrogen-bond donors (Lipinski definition) is 0. The molecule has 3 rings (SSSR count). The van der Waals surface area contributed by atoms with E-state index >= 15 is 0 Å². The second kappa shape index (κ2) is 8.97. The van der Waals surface area contributed by atoms with E-state index in [0.717, 1.165) is 38.2 Å². The van der Waals surface area contributed by atoms with Crippen LogP contribution in [-0.4, -0.2) is 59.9 Å². The number of esters is 1. The fourth-order valence-corrected chi connectivity index (χ4v) is 3.25. The molecule has 0 radical (unpaired) electrons. The highest BCUT2D eigenvalue weighted by molar-refractivity contribution is 6.29. The van der Waals surface area contributed by atoms with Crippen molar-refractivity contribution in [2.45, 2.75) is 13.0 Å². The number of rotatable bonds is 4. The van der Waals surface area contributed by atoms with Crippen molar-refractivity contribution in [2.75, 3.05) is 33.3 Å². The van der Waals surface area contributed by atoms with Crippen LogP contribution in [0.1, 0.15) is 32.7 Å². The summed E-state index contributed by atoms with van der Waals surface area (Å²) in [6.45, 7) is 3.89. The number of carbonyl (C=O) groups is 2. The molecule has 1 aliphatic rings. The molecule has 1 aromatic heterocycles. The third-order valence-corrected chi connectivity index (χ3v) is 4.85. The SMILES string of the molecule is COC(=O)c1ccc(CN2CCCN(C(=O)c3ccc(Cl)nc3)CC2)cc1. The Labute approximate surface area is 163 Å². The van der Waals surface area contributed by atoms with Gasteiger partial charge in [-0.25, -0.2) is 9.78 Å². The topological polar surface area (TPSA) is 62.7 Å². The maximum Gasteiger partial charge on any atom is 0.337 e. The van der Waals surface area contributed by atoms with Gasteiger partial charge in [0.05, 0.1) is 18.2 Å². The third-order valence-electron chi connectivity index (χ3n) is 4.63. The molecule has 1 aromatic carbocycles. The van der Waals surface area contributed by atoms with Crippen molar-refractivity contribution in [1.82, 2.24) is 14.8 Å². The Kier molecular flexibility index (Phi) is 6.42. The molecule has 2 heterocycles. The number of amides is 1. The van der Waals surface area contributed by atoms with E-state index in [-0.39, 0.29) is 11.9 Å². The lowest BCUT2D eigenvalue weighted by molar-refractivity contribution is 0.0600. The summed E-state index contributed by atoms with van der Waals surface area (Å²) in [5, 5.41) is 0.381. The number of nitrogens with zero attached hydrogens (tertiary/aromatic N) is 3. The van der Waals surface area contributed by atoms with Gasteiger partial charge in [0.15, 0.2) is 0 Å². The van der Waals surface area contributed by atoms with Gasteiger partial charge in [0.25, 0.3) is 5.91 Å². The molecule has 1 saturated heterocycles. The molecular weight excluding hydrogens is 366 g/mol. The monoisotopic (exact) mass is 387 g/mol. The van der Waals surface area contributed by atoms with Gasteiger partial charge in [-0.1, -0.05) is 23.7 Å². The first-order valence-electron chi connectivity index (χ1n) is 8.87. The Morgan fingerprint density at radius 2 is 1.78 bits per heavy atom. The molecule has 142 valence electrons. The van der Waals surface area contributed by atoms with Gasteiger partial charge in [-0.3, -0.25) is 9.69 Å². The highest BCUT2D eigenvalue weighted by Gasteiger charge is 2.20. The summed E-state index contributed by atoms with van der Waals surface area (Å²) in [4.78, 5) is 32.3. The maximum absolute atomic E-state index is 12.6. The molecule has 0 N–H and O–H groups in total. The molecule has 6 nitrogen and oxygen atoms in total. The molecule has 1 aliphatic heterocycles. The van der Waals surface area contributed by atoms with Crippen LogP contribution in [0.3, 0.4) is 0 Å². The largest absolute Gasteiger partial charge is 0.465 e. The summed E-state index contributed by atoms with van der Waals surface area (Å²) in [5.74, 6) is -0.342. The van der Waals surface area contributed by atoms with E-state index in [1.165, 1.54) is 13.3 Å². The van der Waals surface area contributed by atoms with Crippen molar-refractivity contribution in [3.63, 3.8) is 0 Å². The Hall–Kier alpha value is -2.44. The molecule has 0 unspecified atom stereocenters. The Balaban J connectivity index is 1.57. The van der Waals surface area contributed by atoms with Crippen LogP contribution in [0.25, 0.3) is 0 Å². The highest BCUT2D eigenvalue weighted by atomic mass is 35.5. The summed E-state index contributed by atoms with van der Waals surface area (Å²) in [6, 6.07) is 10.8. The molecule has 0 bridgehead atoms. The molecule has 27 heavy (non-hydrogen) atoms. The number of aromatic nitrogens is 1. The predicted octanol–water partition coefficient (Wildman–Crippen LogP) is 2.87. The summed E-state index contributed by atoms with van der Waals surface area (Å²) in [6.07, 6.45) is 2.43. The van der Waals surface area contributed by atoms with Gasteiger partial charge in [-0.2, -0.15) is 0 Å². The molecule has 0 atom stereocenters. The zero-order valence-electron chi connectivity index (χ0n) is 15.2. The van der Waals surface area contributed by atoms with Crippen LogP contribution in [0.5, 0.6) is 0 Å². The Morgan fingerprint density at radius 1 is 1.04 bits per heavy atom. The fourth-order valence-electron chi connectivity index (χ4n) is 3.14. The van der Waals surface area contributed by atoms with Crippen molar-refractivity contribution in [3.05, 3.63) is 64.4 Å². The number of ether oxygens (including phenoxy) is 1. The average molecular weight is 388 g/mol. The Bertz CT molecular complexity index is 793. The Morgan fingerprint density at radius 3 is 2.44 bits per heavy atom. The number of carbonyl (C=O) groups excluding carboxylic acids is 2. The van der Waals surface area contributed by atoms with E-state index in [2.05, 4.69) is 9.88 Å². The lowest BCUT2D eigenvalue weighted by Crippen LogP contribution is -2.35. The minimum Gasteiger partial charge on any atom is -0.465 e. The van der Waals surface area contributed by atoms with Gasteiger partial charge in [0.1, 0.15) is 5.15 Å². The van der Waals surface area contributed by atoms with Gasteiger partial charge in [0, 0.05) is 38.9 Å². The lowest BCUT2D eigenvalue weighted by atomic mass is 10.1. The first-order valence-corrected chi connectivity index (χ1v) is 9.25. The van der Waals surface area contributed by atoms with Crippen molar-refractivity contribution in [1.29, 1.82) is 0 Å². The summed E-state index contributed by atoms with van der Waals surface area (Å²) in [7, 11) is 1.38. The highest BCUT2D eigenvalue weighted by Crippen LogP contribution is 2.14. The molecule has 0 spiro atoms. The van der Waals surface area contributed by atoms with Crippen LogP contribution in [0.2, 0.25) is 5.15 Å². The van der Waals surface area contributed by atoms with Gasteiger partial charge < -0.3 is 9.64 Å². The van der Waals surface area contributed by atoms with Crippen LogP contribution >= 0.6 is 11.6 Å². The van der Waals surface area contributed by atoms with Crippen LogP contribution in [0, 0.1) is 0 Å². The van der Waals surface area contributed by atoms with Crippen molar-refractivity contribution in [3.8, 4) is 0 Å². The smallest absolute Gasteiger partial charge is 0.337 e. The zero-order chi connectivity index (χ0) is 19.2. The maximum atomic E-state index is 12.6. The van der Waals surface area contributed by atoms with Crippen LogP contribution in [-0.2, 0) is 11.3 Å². The van der Waals surface area contributed by atoms with Crippen LogP contribution < -0.4 is 0 Å². The number of methoxy groups -OCH3 is 1. The van der Waals surface area contributed by atoms with E-state index in [0.29, 0.717) is 22.8 Å². The van der Waals surface area contributed by atoms with Crippen molar-refractivity contribution < 1.29 is 14.3 Å². The van der Waals surface area contributed by atoms with Crippen molar-refractivity contribution >= 4 is 23.5 Å². The minimum atomic E-state index is -0.331. The van der Waals surface area contributed by atoms with Gasteiger partial charge >= 0.3 is 5.97 Å². The molecule has 0 saturated carbocycles. The second-order valence-corrected chi connectivity index (χ2v) is 6.87. The quantitative estimate of drug-likeness (QED) is 0.596. The lowest BCUT2D eigenvalue weighted by Gasteiger charge is -2.22. The van der Waals surface area contributed by atoms with E-state index in [1.54, 1.807) is 24.3 Å². The standard InChI is InChI=1S/C20H22ClN3O3/c1-27-20(26)16-5-3-15(4-6-16)14-23-9-2-10-24(12-11-23)19(25)17-7-8-18(21)22-13-17/h3-8,13H,2,9-12,14H2,1H3. The minimum absolute atomic E-state index is 0.0107. The van der Waals surface area contributed by atoms with Crippen LogP contribution in [0.15, 0.2) is 42.6 Å². The molecule has 2 aromatic rings. The van der Waals surface area contributed by atoms with E-state index < -0.39 is 0 Å². The molecule has 1 amide bonds. The molecule has 0 aliphatic carbocycles. The summed E-state index contributed by atoms with van der Waals surface area (Å²) >= 11 is 5.79. The number of halogens is 1. The van der Waals surface area contributed by atoms with E-state index in [4.69, 9.17) is 16.3 Å². The number of hydrogen-bond acceptors (Lipinski definition) is 5. The predicted molar refractivity (Wildman–Crippen MR) is 103 cm³/mol. The second-order valence-electron chi connectivity index (χ2n) is 6.48. The average Bonchev–Trinajstić information content (AvgIpc) is 2.93. The first-order chi connectivity index (χ1) is 13.1. The van der Waals surface area contributed by atoms with Gasteiger partial charge in [-0.15, -0.1) is 0 Å². The first kappa shape index (κ1) is 19.3. The van der Waals surface area contributed by atoms with Gasteiger partial charge in [0.2, 0.25) is 0 Å². The van der Waals surface area contributed by atoms with Gasteiger partial charge in [-0.05, 0) is 36.2 Å². The number of benzene rings is 1. The third kappa shape index (κ3) is 5.05. The van der Waals surface area contributed by atoms with Crippen LogP contribution in [0.4, 0.5) is 0 Å². The molecule has 7 heteroatoms. The zero-order valence-corrected chi connectivity index (χ0v) is 16.0. The summed E-state index contributed by atoms with van der Waals surface area (Å²) in [5.41, 5.74) is 2.24. The number of pyridine rings is 1. The normalized spacial score (nSPS) is 15.3. The van der Waals surface area contributed by atoms with E-state index in [1.807, 2.05) is 17.0 Å². The molecule has 1 fully saturated rings. The van der Waals surface area contributed by atoms with E-state index in [9.17, 15) is 9.59 Å². The fraction of sp³-hybridized carbons (Fsp3) is 0.350. The molecular formula is C20H22ClN3O3. The van der Waals surface area contributed by atoms with Crippen molar-refractivity contribution in [2.24, 2.45) is 0 Å².